The Morgan fingerprint density at radius 3 is 2.51 bits per heavy atom. The molecule has 3 heterocycles. The van der Waals surface area contributed by atoms with Crippen molar-refractivity contribution in [2.45, 2.75) is 53.7 Å². The van der Waals surface area contributed by atoms with E-state index in [0.717, 1.165) is 22.6 Å². The van der Waals surface area contributed by atoms with E-state index in [4.69, 9.17) is 26.1 Å². The number of rotatable bonds is 7. The summed E-state index contributed by atoms with van der Waals surface area (Å²) in [6, 6.07) is 16.5. The third kappa shape index (κ3) is 5.42. The molecular weight excluding hydrogens is 558 g/mol. The fourth-order valence-electron chi connectivity index (χ4n) is 5.22. The van der Waals surface area contributed by atoms with E-state index < -0.39 is 12.0 Å². The second-order valence-corrected chi connectivity index (χ2v) is 11.6. The summed E-state index contributed by atoms with van der Waals surface area (Å²) < 4.78 is 15.8. The third-order valence-electron chi connectivity index (χ3n) is 6.94. The highest BCUT2D eigenvalue weighted by Crippen LogP contribution is 2.36. The van der Waals surface area contributed by atoms with Gasteiger partial charge in [0.25, 0.3) is 5.56 Å². The first-order valence-corrected chi connectivity index (χ1v) is 14.7. The fourth-order valence-corrected chi connectivity index (χ4v) is 6.38. The van der Waals surface area contributed by atoms with Gasteiger partial charge in [-0.15, -0.1) is 0 Å². The molecule has 0 saturated carbocycles. The summed E-state index contributed by atoms with van der Waals surface area (Å²) in [5.74, 6) is 0.101. The standard InChI is InChI=1S/C32H32ClN3O4S/c1-7-39-31(38)28-20(5)34-32-36(29(28)25-10-8-9-11-26(25)40-18(2)3)30(37)27(41-32)17-22-16-19(4)35(21(22)6)24-14-12-23(33)13-15-24/h8-18,29H,7H2,1-6H3. The number of aromatic nitrogens is 2. The van der Waals surface area contributed by atoms with E-state index in [-0.39, 0.29) is 18.3 Å². The maximum Gasteiger partial charge on any atom is 0.338 e. The Morgan fingerprint density at radius 1 is 1.12 bits per heavy atom. The molecule has 1 unspecified atom stereocenters. The highest BCUT2D eigenvalue weighted by atomic mass is 35.5. The van der Waals surface area contributed by atoms with Gasteiger partial charge in [0.15, 0.2) is 4.80 Å². The molecule has 0 radical (unpaired) electrons. The maximum atomic E-state index is 14.1. The minimum atomic E-state index is -0.746. The second kappa shape index (κ2) is 11.5. The van der Waals surface area contributed by atoms with Crippen molar-refractivity contribution in [2.75, 3.05) is 6.61 Å². The number of carbonyl (C=O) groups excluding carboxylic acids is 1. The van der Waals surface area contributed by atoms with Crippen LogP contribution in [0.3, 0.4) is 0 Å². The van der Waals surface area contributed by atoms with Crippen LogP contribution in [-0.4, -0.2) is 27.8 Å². The molecule has 1 aliphatic rings. The Hall–Kier alpha value is -3.88. The Bertz CT molecular complexity index is 1840. The van der Waals surface area contributed by atoms with Gasteiger partial charge in [0.05, 0.1) is 28.5 Å². The second-order valence-electron chi connectivity index (χ2n) is 10.1. The Labute approximate surface area is 247 Å². The number of fused-ring (bicyclic) bond motifs is 1. The highest BCUT2D eigenvalue weighted by Gasteiger charge is 2.35. The normalized spacial score (nSPS) is 15.2. The van der Waals surface area contributed by atoms with E-state index >= 15 is 0 Å². The van der Waals surface area contributed by atoms with Gasteiger partial charge in [-0.05, 0) is 89.6 Å². The zero-order valence-electron chi connectivity index (χ0n) is 23.9. The molecule has 4 aromatic rings. The van der Waals surface area contributed by atoms with Gasteiger partial charge in [-0.1, -0.05) is 41.1 Å². The molecule has 1 atom stereocenters. The molecule has 0 aliphatic carbocycles. The summed E-state index contributed by atoms with van der Waals surface area (Å²) in [6.07, 6.45) is 1.80. The van der Waals surface area contributed by atoms with Gasteiger partial charge in [-0.2, -0.15) is 0 Å². The number of hydrogen-bond acceptors (Lipinski definition) is 6. The van der Waals surface area contributed by atoms with Crippen molar-refractivity contribution in [3.63, 3.8) is 0 Å². The lowest BCUT2D eigenvalue weighted by Crippen LogP contribution is -2.40. The molecule has 41 heavy (non-hydrogen) atoms. The van der Waals surface area contributed by atoms with Crippen molar-refractivity contribution in [2.24, 2.45) is 4.99 Å². The van der Waals surface area contributed by atoms with Crippen molar-refractivity contribution < 1.29 is 14.3 Å². The quantitative estimate of drug-likeness (QED) is 0.261. The van der Waals surface area contributed by atoms with Gasteiger partial charge >= 0.3 is 5.97 Å². The lowest BCUT2D eigenvalue weighted by atomic mass is 9.95. The van der Waals surface area contributed by atoms with Crippen LogP contribution >= 0.6 is 22.9 Å². The van der Waals surface area contributed by atoms with Crippen LogP contribution in [0.5, 0.6) is 5.75 Å². The van der Waals surface area contributed by atoms with E-state index in [1.165, 1.54) is 11.3 Å². The number of hydrogen-bond donors (Lipinski definition) is 0. The smallest absolute Gasteiger partial charge is 0.338 e. The fraction of sp³-hybridized carbons (Fsp3) is 0.281. The van der Waals surface area contributed by atoms with Gasteiger partial charge in [0.2, 0.25) is 0 Å². The monoisotopic (exact) mass is 589 g/mol. The molecule has 2 aromatic heterocycles. The number of halogens is 1. The molecular formula is C32H32ClN3O4S. The molecule has 0 bridgehead atoms. The number of benzene rings is 2. The summed E-state index contributed by atoms with van der Waals surface area (Å²) in [5, 5.41) is 0.671. The molecule has 0 fully saturated rings. The largest absolute Gasteiger partial charge is 0.491 e. The van der Waals surface area contributed by atoms with Gasteiger partial charge in [0, 0.05) is 27.7 Å². The van der Waals surface area contributed by atoms with Crippen molar-refractivity contribution in [3.05, 3.63) is 113 Å². The summed E-state index contributed by atoms with van der Waals surface area (Å²) in [4.78, 5) is 32.6. The van der Waals surface area contributed by atoms with Crippen LogP contribution in [0.4, 0.5) is 0 Å². The number of para-hydroxylation sites is 1. The molecule has 0 spiro atoms. The summed E-state index contributed by atoms with van der Waals surface area (Å²) in [6.45, 7) is 11.7. The lowest BCUT2D eigenvalue weighted by molar-refractivity contribution is -0.139. The average molecular weight is 590 g/mol. The van der Waals surface area contributed by atoms with E-state index in [0.29, 0.717) is 36.9 Å². The number of nitrogens with zero attached hydrogens (tertiary/aromatic N) is 3. The van der Waals surface area contributed by atoms with Gasteiger partial charge in [-0.3, -0.25) is 9.36 Å². The minimum absolute atomic E-state index is 0.0981. The molecule has 1 aliphatic heterocycles. The highest BCUT2D eigenvalue weighted by molar-refractivity contribution is 7.07. The van der Waals surface area contributed by atoms with Crippen molar-refractivity contribution >= 4 is 35.0 Å². The Balaban J connectivity index is 1.71. The van der Waals surface area contributed by atoms with E-state index in [9.17, 15) is 9.59 Å². The number of ether oxygens (including phenoxy) is 2. The van der Waals surface area contributed by atoms with Crippen LogP contribution in [0.25, 0.3) is 11.8 Å². The first-order chi connectivity index (χ1) is 19.6. The Morgan fingerprint density at radius 2 is 1.83 bits per heavy atom. The summed E-state index contributed by atoms with van der Waals surface area (Å²) >= 11 is 7.41. The molecule has 7 nitrogen and oxygen atoms in total. The van der Waals surface area contributed by atoms with Crippen LogP contribution in [0, 0.1) is 13.8 Å². The van der Waals surface area contributed by atoms with Crippen molar-refractivity contribution in [1.82, 2.24) is 9.13 Å². The van der Waals surface area contributed by atoms with Crippen molar-refractivity contribution in [1.29, 1.82) is 0 Å². The predicted octanol–water partition coefficient (Wildman–Crippen LogP) is 5.65. The lowest BCUT2D eigenvalue weighted by Gasteiger charge is -2.26. The number of aryl methyl sites for hydroxylation is 1. The number of esters is 1. The van der Waals surface area contributed by atoms with E-state index in [1.807, 2.05) is 82.3 Å². The van der Waals surface area contributed by atoms with Crippen LogP contribution in [0.1, 0.15) is 56.3 Å². The SMILES string of the molecule is CCOC(=O)C1=C(C)N=c2sc(=Cc3cc(C)n(-c4ccc(Cl)cc4)c3C)c(=O)n2C1c1ccccc1OC(C)C. The van der Waals surface area contributed by atoms with Gasteiger partial charge in [0.1, 0.15) is 11.8 Å². The predicted molar refractivity (Wildman–Crippen MR) is 163 cm³/mol. The zero-order valence-corrected chi connectivity index (χ0v) is 25.5. The van der Waals surface area contributed by atoms with Crippen LogP contribution in [0.2, 0.25) is 5.02 Å². The third-order valence-corrected chi connectivity index (χ3v) is 8.17. The molecule has 5 rings (SSSR count). The van der Waals surface area contributed by atoms with Gasteiger partial charge in [-0.25, -0.2) is 9.79 Å². The van der Waals surface area contributed by atoms with Crippen molar-refractivity contribution in [3.8, 4) is 11.4 Å². The molecule has 0 saturated heterocycles. The summed E-state index contributed by atoms with van der Waals surface area (Å²) in [5.41, 5.74) is 5.24. The first kappa shape index (κ1) is 28.6. The Kier molecular flexibility index (Phi) is 8.07. The molecule has 9 heteroatoms. The molecule has 0 N–H and O–H groups in total. The zero-order chi connectivity index (χ0) is 29.4. The molecule has 2 aromatic carbocycles. The number of allylic oxidation sites excluding steroid dienone is 1. The minimum Gasteiger partial charge on any atom is -0.491 e. The first-order valence-electron chi connectivity index (χ1n) is 13.5. The van der Waals surface area contributed by atoms with Crippen LogP contribution in [0.15, 0.2) is 75.7 Å². The van der Waals surface area contributed by atoms with Crippen LogP contribution < -0.4 is 19.6 Å². The summed E-state index contributed by atoms with van der Waals surface area (Å²) in [7, 11) is 0. The number of thiazole rings is 1. The average Bonchev–Trinajstić information content (AvgIpc) is 3.38. The molecule has 0 amide bonds. The molecule has 212 valence electrons. The maximum absolute atomic E-state index is 14.1. The number of carbonyl (C=O) groups is 1. The topological polar surface area (TPSA) is 74.8 Å². The van der Waals surface area contributed by atoms with E-state index in [2.05, 4.69) is 10.6 Å². The van der Waals surface area contributed by atoms with Crippen LogP contribution in [-0.2, 0) is 9.53 Å². The van der Waals surface area contributed by atoms with E-state index in [1.54, 1.807) is 18.4 Å². The van der Waals surface area contributed by atoms with Gasteiger partial charge < -0.3 is 14.0 Å².